The van der Waals surface area contributed by atoms with Gasteiger partial charge in [0.25, 0.3) is 0 Å². The Labute approximate surface area is 114 Å². The van der Waals surface area contributed by atoms with Crippen molar-refractivity contribution in [1.29, 1.82) is 0 Å². The number of carbonyl (C=O) groups is 1. The third-order valence-electron chi connectivity index (χ3n) is 3.18. The van der Waals surface area contributed by atoms with Gasteiger partial charge in [0.15, 0.2) is 0 Å². The van der Waals surface area contributed by atoms with Crippen molar-refractivity contribution in [1.82, 2.24) is 4.90 Å². The van der Waals surface area contributed by atoms with Crippen LogP contribution in [0.5, 0.6) is 0 Å². The lowest BCUT2D eigenvalue weighted by atomic mass is 10.2. The number of esters is 1. The van der Waals surface area contributed by atoms with Crippen molar-refractivity contribution in [3.05, 3.63) is 0 Å². The number of carbonyl (C=O) groups excluding carboxylic acids is 1. The van der Waals surface area contributed by atoms with Crippen LogP contribution in [0.4, 0.5) is 0 Å². The summed E-state index contributed by atoms with van der Waals surface area (Å²) >= 11 is 1.77. The van der Waals surface area contributed by atoms with Crippen LogP contribution in [0.25, 0.3) is 0 Å². The average molecular weight is 275 g/mol. The fraction of sp³-hybridized carbons (Fsp3) is 0.923. The number of morpholine rings is 1. The van der Waals surface area contributed by atoms with E-state index in [1.807, 2.05) is 6.92 Å². The highest BCUT2D eigenvalue weighted by atomic mass is 32.2. The molecule has 0 bridgehead atoms. The summed E-state index contributed by atoms with van der Waals surface area (Å²) in [7, 11) is 1.44. The fourth-order valence-electron chi connectivity index (χ4n) is 1.96. The molecule has 18 heavy (non-hydrogen) atoms. The standard InChI is InChI=1S/C13H25NO3S/c1-10(2)14-5-6-17-12(7-14)9-18-8-11(3)13(15)16-4/h10-12H,5-9H2,1-4H3. The first kappa shape index (κ1) is 15.8. The zero-order valence-electron chi connectivity index (χ0n) is 11.8. The van der Waals surface area contributed by atoms with Crippen LogP contribution < -0.4 is 0 Å². The van der Waals surface area contributed by atoms with Gasteiger partial charge in [0.1, 0.15) is 0 Å². The number of methoxy groups -OCH3 is 1. The summed E-state index contributed by atoms with van der Waals surface area (Å²) in [5, 5.41) is 0. The van der Waals surface area contributed by atoms with E-state index in [-0.39, 0.29) is 18.0 Å². The predicted molar refractivity (Wildman–Crippen MR) is 75.0 cm³/mol. The van der Waals surface area contributed by atoms with Gasteiger partial charge in [0.2, 0.25) is 0 Å². The molecule has 4 nitrogen and oxygen atoms in total. The van der Waals surface area contributed by atoms with Gasteiger partial charge in [-0.05, 0) is 13.8 Å². The average Bonchev–Trinajstić information content (AvgIpc) is 2.38. The van der Waals surface area contributed by atoms with Gasteiger partial charge in [0, 0.05) is 30.6 Å². The Hall–Kier alpha value is -0.260. The minimum absolute atomic E-state index is 0.0372. The molecule has 0 N–H and O–H groups in total. The molecule has 0 amide bonds. The van der Waals surface area contributed by atoms with Gasteiger partial charge in [0.05, 0.1) is 25.7 Å². The summed E-state index contributed by atoms with van der Waals surface area (Å²) in [6.07, 6.45) is 0.288. The normalized spacial score (nSPS) is 23.1. The number of hydrogen-bond acceptors (Lipinski definition) is 5. The molecule has 106 valence electrons. The van der Waals surface area contributed by atoms with Crippen LogP contribution in [0.1, 0.15) is 20.8 Å². The summed E-state index contributed by atoms with van der Waals surface area (Å²) in [6, 6.07) is 0.579. The molecular weight excluding hydrogens is 250 g/mol. The molecule has 0 aromatic heterocycles. The number of hydrogen-bond donors (Lipinski definition) is 0. The quantitative estimate of drug-likeness (QED) is 0.689. The molecule has 1 fully saturated rings. The molecule has 5 heteroatoms. The highest BCUT2D eigenvalue weighted by molar-refractivity contribution is 7.99. The largest absolute Gasteiger partial charge is 0.469 e. The monoisotopic (exact) mass is 275 g/mol. The van der Waals surface area contributed by atoms with Crippen molar-refractivity contribution < 1.29 is 14.3 Å². The molecule has 2 atom stereocenters. The van der Waals surface area contributed by atoms with Gasteiger partial charge >= 0.3 is 5.97 Å². The number of thioether (sulfide) groups is 1. The van der Waals surface area contributed by atoms with Crippen LogP contribution in [-0.4, -0.2) is 61.3 Å². The molecule has 0 aromatic carbocycles. The van der Waals surface area contributed by atoms with Crippen molar-refractivity contribution in [2.45, 2.75) is 32.9 Å². The number of ether oxygens (including phenoxy) is 2. The van der Waals surface area contributed by atoms with E-state index in [2.05, 4.69) is 18.7 Å². The SMILES string of the molecule is COC(=O)C(C)CSCC1CN(C(C)C)CCO1. The minimum atomic E-state index is -0.129. The first-order valence-corrected chi connectivity index (χ1v) is 7.71. The summed E-state index contributed by atoms with van der Waals surface area (Å²) in [6.45, 7) is 9.18. The molecule has 1 heterocycles. The Morgan fingerprint density at radius 2 is 2.22 bits per heavy atom. The molecule has 0 radical (unpaired) electrons. The van der Waals surface area contributed by atoms with E-state index in [1.54, 1.807) is 11.8 Å². The van der Waals surface area contributed by atoms with Crippen molar-refractivity contribution >= 4 is 17.7 Å². The summed E-state index contributed by atoms with van der Waals surface area (Å²) in [4.78, 5) is 13.7. The second-order valence-corrected chi connectivity index (χ2v) is 6.12. The fourth-order valence-corrected chi connectivity index (χ4v) is 3.05. The van der Waals surface area contributed by atoms with E-state index < -0.39 is 0 Å². The smallest absolute Gasteiger partial charge is 0.309 e. The molecule has 0 spiro atoms. The van der Waals surface area contributed by atoms with E-state index in [9.17, 15) is 4.79 Å². The zero-order chi connectivity index (χ0) is 13.5. The number of rotatable bonds is 6. The molecule has 1 saturated heterocycles. The van der Waals surface area contributed by atoms with Crippen molar-refractivity contribution in [3.63, 3.8) is 0 Å². The van der Waals surface area contributed by atoms with E-state index in [4.69, 9.17) is 9.47 Å². The van der Waals surface area contributed by atoms with Crippen LogP contribution in [0, 0.1) is 5.92 Å². The summed E-state index contributed by atoms with van der Waals surface area (Å²) < 4.78 is 10.5. The van der Waals surface area contributed by atoms with Gasteiger partial charge in [-0.2, -0.15) is 11.8 Å². The van der Waals surface area contributed by atoms with Gasteiger partial charge < -0.3 is 9.47 Å². The predicted octanol–water partition coefficient (Wildman–Crippen LogP) is 1.64. The van der Waals surface area contributed by atoms with Crippen LogP contribution in [-0.2, 0) is 14.3 Å². The van der Waals surface area contributed by atoms with E-state index in [0.717, 1.165) is 31.2 Å². The first-order valence-electron chi connectivity index (χ1n) is 6.55. The van der Waals surface area contributed by atoms with Crippen molar-refractivity contribution in [3.8, 4) is 0 Å². The lowest BCUT2D eigenvalue weighted by Crippen LogP contribution is -2.46. The van der Waals surface area contributed by atoms with Crippen LogP contribution in [0.3, 0.4) is 0 Å². The Bertz CT molecular complexity index is 261. The van der Waals surface area contributed by atoms with Crippen LogP contribution in [0.2, 0.25) is 0 Å². The molecule has 1 aliphatic heterocycles. The third kappa shape index (κ3) is 5.16. The molecule has 0 aliphatic carbocycles. The maximum Gasteiger partial charge on any atom is 0.309 e. The summed E-state index contributed by atoms with van der Waals surface area (Å²) in [5.74, 6) is 1.58. The zero-order valence-corrected chi connectivity index (χ0v) is 12.7. The van der Waals surface area contributed by atoms with E-state index >= 15 is 0 Å². The Morgan fingerprint density at radius 3 is 2.83 bits per heavy atom. The van der Waals surface area contributed by atoms with E-state index in [1.165, 1.54) is 7.11 Å². The molecular formula is C13H25NO3S. The Kier molecular flexibility index (Phi) is 7.04. The van der Waals surface area contributed by atoms with E-state index in [0.29, 0.717) is 6.04 Å². The van der Waals surface area contributed by atoms with Crippen molar-refractivity contribution in [2.24, 2.45) is 5.92 Å². The van der Waals surface area contributed by atoms with Gasteiger partial charge in [-0.3, -0.25) is 9.69 Å². The molecule has 0 aromatic rings. The van der Waals surface area contributed by atoms with Gasteiger partial charge in [-0.1, -0.05) is 6.92 Å². The topological polar surface area (TPSA) is 38.8 Å². The first-order chi connectivity index (χ1) is 8.54. The third-order valence-corrected chi connectivity index (χ3v) is 4.52. The molecule has 0 saturated carbocycles. The van der Waals surface area contributed by atoms with Crippen LogP contribution >= 0.6 is 11.8 Å². The Balaban J connectivity index is 2.21. The second-order valence-electron chi connectivity index (χ2n) is 5.04. The van der Waals surface area contributed by atoms with Gasteiger partial charge in [-0.15, -0.1) is 0 Å². The minimum Gasteiger partial charge on any atom is -0.469 e. The lowest BCUT2D eigenvalue weighted by molar-refractivity contribution is -0.144. The molecule has 2 unspecified atom stereocenters. The highest BCUT2D eigenvalue weighted by Crippen LogP contribution is 2.16. The Morgan fingerprint density at radius 1 is 1.50 bits per heavy atom. The molecule has 1 aliphatic rings. The van der Waals surface area contributed by atoms with Crippen LogP contribution in [0.15, 0.2) is 0 Å². The summed E-state index contributed by atoms with van der Waals surface area (Å²) in [5.41, 5.74) is 0. The lowest BCUT2D eigenvalue weighted by Gasteiger charge is -2.35. The maximum atomic E-state index is 11.3. The van der Waals surface area contributed by atoms with Gasteiger partial charge in [-0.25, -0.2) is 0 Å². The highest BCUT2D eigenvalue weighted by Gasteiger charge is 2.22. The second kappa shape index (κ2) is 8.02. The number of nitrogens with zero attached hydrogens (tertiary/aromatic N) is 1. The molecule has 1 rings (SSSR count). The maximum absolute atomic E-state index is 11.3. The van der Waals surface area contributed by atoms with Crippen molar-refractivity contribution in [2.75, 3.05) is 38.3 Å².